The fourth-order valence-electron chi connectivity index (χ4n) is 4.61. The van der Waals surface area contributed by atoms with E-state index in [0.717, 1.165) is 37.0 Å². The highest BCUT2D eigenvalue weighted by molar-refractivity contribution is 7.52. The number of carbonyl (C=O) groups is 1. The van der Waals surface area contributed by atoms with E-state index in [1.54, 1.807) is 30.3 Å². The summed E-state index contributed by atoms with van der Waals surface area (Å²) in [6.07, 6.45) is 2.15. The van der Waals surface area contributed by atoms with Gasteiger partial charge in [0.15, 0.2) is 5.84 Å². The van der Waals surface area contributed by atoms with Gasteiger partial charge in [-0.2, -0.15) is 15.5 Å². The molecule has 4 rings (SSSR count). The maximum Gasteiger partial charge on any atom is 0.459 e. The molecular formula is C26H33N6O8P. The molecule has 1 saturated carbocycles. The first-order valence-corrected chi connectivity index (χ1v) is 14.6. The molecule has 1 aliphatic carbocycles. The standard InChI is InChI=1S/C26H33N6O8P/c1-3-9-20-24(28)29-16-30-32(20)26(15-27)23(34)22(33)21(39-26)14-37-41(36,40-19-12-5-4-6-13-19)31-17(2)25(35)38-18-10-7-8-11-18/h3-6,9,12-13,16-18,21-23,33-34H,1,7-8,10-11,14H2,2H3,(H,31,36)(H2,28,29,30)/b20-9-/t17-,21+,22+,23+,26+,41?/m0/s1. The Morgan fingerprint density at radius 1 is 1.39 bits per heavy atom. The van der Waals surface area contributed by atoms with E-state index in [-0.39, 0.29) is 23.4 Å². The van der Waals surface area contributed by atoms with Gasteiger partial charge in [0.25, 0.3) is 5.72 Å². The van der Waals surface area contributed by atoms with Gasteiger partial charge in [-0.15, -0.1) is 0 Å². The Morgan fingerprint density at radius 3 is 2.76 bits per heavy atom. The van der Waals surface area contributed by atoms with Crippen LogP contribution in [-0.4, -0.2) is 76.2 Å². The van der Waals surface area contributed by atoms with Crippen molar-refractivity contribution in [3.05, 3.63) is 54.8 Å². The number of allylic oxidation sites excluding steroid dienone is 2. The molecule has 2 fully saturated rings. The van der Waals surface area contributed by atoms with E-state index in [2.05, 4.69) is 21.8 Å². The van der Waals surface area contributed by atoms with Gasteiger partial charge in [0.1, 0.15) is 54.3 Å². The molecule has 0 amide bonds. The van der Waals surface area contributed by atoms with Crippen LogP contribution in [0, 0.1) is 11.3 Å². The van der Waals surface area contributed by atoms with Crippen molar-refractivity contribution in [2.24, 2.45) is 15.8 Å². The topological polar surface area (TPSA) is 201 Å². The SMILES string of the molecule is C=C/C=C1/C(N)=NC=NN1[C@]1(C#N)O[C@H](COP(=O)(N[C@@H](C)C(=O)OC2CCCC2)Oc2ccccc2)[C@@H](O)[C@H]1O. The highest BCUT2D eigenvalue weighted by Gasteiger charge is 2.60. The number of hydrogen-bond acceptors (Lipinski definition) is 13. The van der Waals surface area contributed by atoms with Crippen molar-refractivity contribution in [3.8, 4) is 11.8 Å². The van der Waals surface area contributed by atoms with Crippen LogP contribution >= 0.6 is 7.75 Å². The Labute approximate surface area is 237 Å². The predicted octanol–water partition coefficient (Wildman–Crippen LogP) is 1.68. The minimum absolute atomic E-state index is 0.0389. The minimum atomic E-state index is -4.32. The molecule has 14 nitrogen and oxygen atoms in total. The molecule has 0 spiro atoms. The van der Waals surface area contributed by atoms with E-state index in [1.165, 1.54) is 19.1 Å². The van der Waals surface area contributed by atoms with Crippen LogP contribution in [-0.2, 0) is 23.4 Å². The highest BCUT2D eigenvalue weighted by atomic mass is 31.2. The number of hydrazone groups is 1. The molecule has 41 heavy (non-hydrogen) atoms. The summed E-state index contributed by atoms with van der Waals surface area (Å²) < 4.78 is 36.5. The molecule has 1 aromatic rings. The van der Waals surface area contributed by atoms with Crippen LogP contribution in [0.3, 0.4) is 0 Å². The largest absolute Gasteiger partial charge is 0.461 e. The normalized spacial score (nSPS) is 29.4. The van der Waals surface area contributed by atoms with Crippen LogP contribution in [0.2, 0.25) is 0 Å². The maximum absolute atomic E-state index is 13.9. The summed E-state index contributed by atoms with van der Waals surface area (Å²) in [5, 5.41) is 39.4. The summed E-state index contributed by atoms with van der Waals surface area (Å²) >= 11 is 0. The van der Waals surface area contributed by atoms with Gasteiger partial charge in [-0.3, -0.25) is 9.32 Å². The molecule has 2 heterocycles. The average molecular weight is 589 g/mol. The second kappa shape index (κ2) is 12.9. The second-order valence-electron chi connectivity index (χ2n) is 9.64. The number of ether oxygens (including phenoxy) is 2. The molecule has 15 heteroatoms. The van der Waals surface area contributed by atoms with Crippen molar-refractivity contribution in [1.82, 2.24) is 10.1 Å². The van der Waals surface area contributed by atoms with Gasteiger partial charge in [-0.1, -0.05) is 30.9 Å². The average Bonchev–Trinajstić information content (AvgIpc) is 3.56. The van der Waals surface area contributed by atoms with Crippen molar-refractivity contribution in [2.75, 3.05) is 6.61 Å². The zero-order valence-corrected chi connectivity index (χ0v) is 23.3. The van der Waals surface area contributed by atoms with E-state index < -0.39 is 50.4 Å². The second-order valence-corrected chi connectivity index (χ2v) is 11.3. The smallest absolute Gasteiger partial charge is 0.459 e. The third kappa shape index (κ3) is 6.68. The van der Waals surface area contributed by atoms with Gasteiger partial charge in [0.05, 0.1) is 6.61 Å². The van der Waals surface area contributed by atoms with E-state index in [9.17, 15) is 24.8 Å². The molecule has 1 saturated heterocycles. The molecular weight excluding hydrogens is 555 g/mol. The molecule has 0 aromatic heterocycles. The van der Waals surface area contributed by atoms with E-state index in [1.807, 2.05) is 6.07 Å². The summed E-state index contributed by atoms with van der Waals surface area (Å²) in [6.45, 7) is 4.44. The van der Waals surface area contributed by atoms with Crippen molar-refractivity contribution in [1.29, 1.82) is 5.26 Å². The van der Waals surface area contributed by atoms with E-state index in [0.29, 0.717) is 0 Å². The van der Waals surface area contributed by atoms with Gasteiger partial charge >= 0.3 is 13.7 Å². The first kappa shape index (κ1) is 30.4. The summed E-state index contributed by atoms with van der Waals surface area (Å²) in [5.74, 6) is -0.490. The number of nitrogens with zero attached hydrogens (tertiary/aromatic N) is 4. The number of aliphatic hydroxyl groups is 2. The Bertz CT molecular complexity index is 1290. The molecule has 2 aliphatic heterocycles. The van der Waals surface area contributed by atoms with Crippen molar-refractivity contribution >= 4 is 25.9 Å². The minimum Gasteiger partial charge on any atom is -0.461 e. The number of amidine groups is 1. The summed E-state index contributed by atoms with van der Waals surface area (Å²) in [6, 6.07) is 8.88. The molecule has 1 aromatic carbocycles. The highest BCUT2D eigenvalue weighted by Crippen LogP contribution is 2.46. The number of aliphatic hydroxyl groups excluding tert-OH is 2. The number of para-hydroxylation sites is 1. The lowest BCUT2D eigenvalue weighted by atomic mass is 10.0. The van der Waals surface area contributed by atoms with Crippen LogP contribution in [0.15, 0.2) is 64.9 Å². The molecule has 5 N–H and O–H groups in total. The number of rotatable bonds is 11. The Morgan fingerprint density at radius 2 is 2.10 bits per heavy atom. The number of hydrogen-bond donors (Lipinski definition) is 4. The van der Waals surface area contributed by atoms with Crippen LogP contribution in [0.25, 0.3) is 0 Å². The number of esters is 1. The third-order valence-corrected chi connectivity index (χ3v) is 8.35. The first-order valence-electron chi connectivity index (χ1n) is 13.0. The summed E-state index contributed by atoms with van der Waals surface area (Å²) in [4.78, 5) is 16.6. The number of benzene rings is 1. The molecule has 0 radical (unpaired) electrons. The fraction of sp³-hybridized carbons (Fsp3) is 0.462. The Balaban J connectivity index is 1.52. The lowest BCUT2D eigenvalue weighted by Gasteiger charge is -2.36. The fourth-order valence-corrected chi connectivity index (χ4v) is 6.11. The maximum atomic E-state index is 13.9. The Kier molecular flexibility index (Phi) is 9.60. The number of aliphatic imine (C=N–C) groups is 1. The van der Waals surface area contributed by atoms with Crippen LogP contribution in [0.4, 0.5) is 0 Å². The van der Waals surface area contributed by atoms with Crippen LogP contribution in [0.1, 0.15) is 32.6 Å². The quantitative estimate of drug-likeness (QED) is 0.216. The van der Waals surface area contributed by atoms with Crippen LogP contribution in [0.5, 0.6) is 5.75 Å². The number of nitrogens with two attached hydrogens (primary N) is 1. The van der Waals surface area contributed by atoms with Crippen molar-refractivity contribution < 1.29 is 38.1 Å². The predicted molar refractivity (Wildman–Crippen MR) is 147 cm³/mol. The van der Waals surface area contributed by atoms with Gasteiger partial charge in [-0.05, 0) is 50.8 Å². The molecule has 1 unspecified atom stereocenters. The van der Waals surface area contributed by atoms with Gasteiger partial charge < -0.3 is 29.9 Å². The van der Waals surface area contributed by atoms with Crippen molar-refractivity contribution in [2.45, 2.75) is 68.8 Å². The summed E-state index contributed by atoms with van der Waals surface area (Å²) in [5.41, 5.74) is 3.76. The van der Waals surface area contributed by atoms with Gasteiger partial charge in [0.2, 0.25) is 0 Å². The van der Waals surface area contributed by atoms with Gasteiger partial charge in [0, 0.05) is 0 Å². The van der Waals surface area contributed by atoms with E-state index in [4.69, 9.17) is 24.3 Å². The number of nitriles is 1. The monoisotopic (exact) mass is 588 g/mol. The molecule has 6 atom stereocenters. The third-order valence-electron chi connectivity index (χ3n) is 6.71. The zero-order valence-electron chi connectivity index (χ0n) is 22.4. The van der Waals surface area contributed by atoms with Crippen molar-refractivity contribution in [3.63, 3.8) is 0 Å². The van der Waals surface area contributed by atoms with Crippen LogP contribution < -0.4 is 15.3 Å². The molecule has 0 bridgehead atoms. The lowest BCUT2D eigenvalue weighted by Crippen LogP contribution is -2.55. The first-order chi connectivity index (χ1) is 19.6. The molecule has 220 valence electrons. The number of carbonyl (C=O) groups excluding carboxylic acids is 1. The number of nitrogens with one attached hydrogen (secondary N) is 1. The zero-order chi connectivity index (χ0) is 29.6. The summed E-state index contributed by atoms with van der Waals surface area (Å²) in [7, 11) is -4.32. The molecule has 3 aliphatic rings. The van der Waals surface area contributed by atoms with E-state index >= 15 is 0 Å². The Hall–Kier alpha value is -3.57. The lowest BCUT2D eigenvalue weighted by molar-refractivity contribution is -0.150. The van der Waals surface area contributed by atoms with Gasteiger partial charge in [-0.25, -0.2) is 14.6 Å².